The average Bonchev–Trinajstić information content (AvgIpc) is 2.75. The topological polar surface area (TPSA) is 53.4 Å². The Kier molecular flexibility index (Phi) is 4.35. The molecular weight excluding hydrogens is 248 g/mol. The standard InChI is InChI=1S/C13H20N2O2S/c1-3-10-12(13(16)17)18-11(14-10)8-15-7-5-4-6-9(15)2/h9H,3-8H2,1-2H3,(H,16,17). The number of hydrogen-bond donors (Lipinski definition) is 1. The first kappa shape index (κ1) is 13.5. The van der Waals surface area contributed by atoms with Crippen LogP contribution in [0.3, 0.4) is 0 Å². The lowest BCUT2D eigenvalue weighted by Gasteiger charge is -2.32. The summed E-state index contributed by atoms with van der Waals surface area (Å²) < 4.78 is 0. The third-order valence-electron chi connectivity index (χ3n) is 3.55. The minimum Gasteiger partial charge on any atom is -0.477 e. The van der Waals surface area contributed by atoms with Crippen LogP contribution < -0.4 is 0 Å². The van der Waals surface area contributed by atoms with Crippen LogP contribution in [0.1, 0.15) is 53.5 Å². The van der Waals surface area contributed by atoms with Crippen molar-refractivity contribution in [3.05, 3.63) is 15.6 Å². The van der Waals surface area contributed by atoms with Gasteiger partial charge in [0.25, 0.3) is 0 Å². The highest BCUT2D eigenvalue weighted by molar-refractivity contribution is 7.13. The molecule has 2 heterocycles. The van der Waals surface area contributed by atoms with Crippen molar-refractivity contribution in [3.8, 4) is 0 Å². The number of carboxylic acid groups (broad SMARTS) is 1. The highest BCUT2D eigenvalue weighted by Gasteiger charge is 2.21. The summed E-state index contributed by atoms with van der Waals surface area (Å²) in [7, 11) is 0. The molecule has 1 aliphatic rings. The van der Waals surface area contributed by atoms with Gasteiger partial charge in [-0.2, -0.15) is 0 Å². The van der Waals surface area contributed by atoms with Crippen molar-refractivity contribution in [3.63, 3.8) is 0 Å². The second-order valence-electron chi connectivity index (χ2n) is 4.86. The molecule has 0 spiro atoms. The summed E-state index contributed by atoms with van der Waals surface area (Å²) in [5, 5.41) is 10.1. The molecule has 0 bridgehead atoms. The third kappa shape index (κ3) is 2.90. The molecule has 0 amide bonds. The van der Waals surface area contributed by atoms with Crippen molar-refractivity contribution >= 4 is 17.3 Å². The van der Waals surface area contributed by atoms with Gasteiger partial charge in [-0.25, -0.2) is 9.78 Å². The van der Waals surface area contributed by atoms with Crippen LogP contribution in [-0.2, 0) is 13.0 Å². The molecule has 100 valence electrons. The second kappa shape index (κ2) is 5.80. The van der Waals surface area contributed by atoms with Gasteiger partial charge in [0, 0.05) is 6.04 Å². The molecule has 0 saturated carbocycles. The fourth-order valence-electron chi connectivity index (χ4n) is 2.44. The van der Waals surface area contributed by atoms with Crippen LogP contribution in [0.15, 0.2) is 0 Å². The van der Waals surface area contributed by atoms with Crippen molar-refractivity contribution in [2.24, 2.45) is 0 Å². The molecule has 0 aliphatic carbocycles. The van der Waals surface area contributed by atoms with Gasteiger partial charge in [-0.05, 0) is 32.7 Å². The number of thiazole rings is 1. The first-order valence-electron chi connectivity index (χ1n) is 6.57. The first-order chi connectivity index (χ1) is 8.61. The van der Waals surface area contributed by atoms with Crippen LogP contribution in [0.25, 0.3) is 0 Å². The Balaban J connectivity index is 2.11. The highest BCUT2D eigenvalue weighted by atomic mass is 32.1. The van der Waals surface area contributed by atoms with E-state index in [0.29, 0.717) is 17.3 Å². The van der Waals surface area contributed by atoms with Crippen molar-refractivity contribution in [1.29, 1.82) is 0 Å². The molecule has 0 radical (unpaired) electrons. The Morgan fingerprint density at radius 3 is 2.89 bits per heavy atom. The lowest BCUT2D eigenvalue weighted by molar-refractivity contribution is 0.0701. The van der Waals surface area contributed by atoms with Gasteiger partial charge in [0.2, 0.25) is 0 Å². The normalized spacial score (nSPS) is 21.1. The quantitative estimate of drug-likeness (QED) is 0.912. The monoisotopic (exact) mass is 268 g/mol. The third-order valence-corrected chi connectivity index (χ3v) is 4.62. The van der Waals surface area contributed by atoms with Crippen LogP contribution in [0.4, 0.5) is 0 Å². The van der Waals surface area contributed by atoms with E-state index in [1.165, 1.54) is 30.6 Å². The molecule has 0 aromatic carbocycles. The number of aryl methyl sites for hydroxylation is 1. The van der Waals surface area contributed by atoms with Gasteiger partial charge in [0.1, 0.15) is 9.88 Å². The van der Waals surface area contributed by atoms with Crippen molar-refractivity contribution in [1.82, 2.24) is 9.88 Å². The van der Waals surface area contributed by atoms with Gasteiger partial charge in [-0.3, -0.25) is 4.90 Å². The first-order valence-corrected chi connectivity index (χ1v) is 7.39. The van der Waals surface area contributed by atoms with E-state index in [0.717, 1.165) is 23.8 Å². The summed E-state index contributed by atoms with van der Waals surface area (Å²) in [5.74, 6) is -0.845. The number of hydrogen-bond acceptors (Lipinski definition) is 4. The van der Waals surface area contributed by atoms with Crippen LogP contribution in [0, 0.1) is 0 Å². The predicted molar refractivity (Wildman–Crippen MR) is 72.2 cm³/mol. The molecule has 5 heteroatoms. The summed E-state index contributed by atoms with van der Waals surface area (Å²) >= 11 is 1.34. The number of aromatic carboxylic acids is 1. The Bertz CT molecular complexity index is 431. The van der Waals surface area contributed by atoms with Gasteiger partial charge in [0.05, 0.1) is 12.2 Å². The minimum atomic E-state index is -0.845. The van der Waals surface area contributed by atoms with Gasteiger partial charge < -0.3 is 5.11 Å². The smallest absolute Gasteiger partial charge is 0.347 e. The molecule has 1 atom stereocenters. The number of piperidine rings is 1. The summed E-state index contributed by atoms with van der Waals surface area (Å²) in [5.41, 5.74) is 0.729. The maximum absolute atomic E-state index is 11.1. The Morgan fingerprint density at radius 1 is 1.56 bits per heavy atom. The zero-order valence-corrected chi connectivity index (χ0v) is 11.8. The Labute approximate surface area is 112 Å². The average molecular weight is 268 g/mol. The molecule has 1 saturated heterocycles. The molecule has 1 aromatic rings. The van der Waals surface area contributed by atoms with Crippen molar-refractivity contribution < 1.29 is 9.90 Å². The lowest BCUT2D eigenvalue weighted by Crippen LogP contribution is -2.36. The summed E-state index contributed by atoms with van der Waals surface area (Å²) in [4.78, 5) is 18.4. The summed E-state index contributed by atoms with van der Waals surface area (Å²) in [6, 6.07) is 0.584. The van der Waals surface area contributed by atoms with E-state index in [1.807, 2.05) is 6.92 Å². The number of nitrogens with zero attached hydrogens (tertiary/aromatic N) is 2. The Hall–Kier alpha value is -0.940. The van der Waals surface area contributed by atoms with Crippen LogP contribution in [-0.4, -0.2) is 33.5 Å². The number of carboxylic acids is 1. The van der Waals surface area contributed by atoms with E-state index in [1.54, 1.807) is 0 Å². The molecule has 1 aliphatic heterocycles. The molecule has 1 unspecified atom stereocenters. The SMILES string of the molecule is CCc1nc(CN2CCCCC2C)sc1C(=O)O. The van der Waals surface area contributed by atoms with Gasteiger partial charge in [0.15, 0.2) is 0 Å². The molecule has 1 N–H and O–H groups in total. The number of likely N-dealkylation sites (tertiary alicyclic amines) is 1. The van der Waals surface area contributed by atoms with Crippen molar-refractivity contribution in [2.75, 3.05) is 6.54 Å². The molecule has 18 heavy (non-hydrogen) atoms. The molecular formula is C13H20N2O2S. The molecule has 4 nitrogen and oxygen atoms in total. The van der Waals surface area contributed by atoms with E-state index in [-0.39, 0.29) is 0 Å². The highest BCUT2D eigenvalue weighted by Crippen LogP contribution is 2.24. The number of carbonyl (C=O) groups is 1. The minimum absolute atomic E-state index is 0.414. The fourth-order valence-corrected chi connectivity index (χ4v) is 3.46. The van der Waals surface area contributed by atoms with E-state index in [2.05, 4.69) is 16.8 Å². The zero-order valence-electron chi connectivity index (χ0n) is 11.0. The van der Waals surface area contributed by atoms with Crippen LogP contribution in [0.2, 0.25) is 0 Å². The van der Waals surface area contributed by atoms with Crippen LogP contribution in [0.5, 0.6) is 0 Å². The Morgan fingerprint density at radius 2 is 2.33 bits per heavy atom. The maximum atomic E-state index is 11.1. The van der Waals surface area contributed by atoms with Crippen molar-refractivity contribution in [2.45, 2.75) is 52.1 Å². The predicted octanol–water partition coefficient (Wildman–Crippen LogP) is 2.78. The van der Waals surface area contributed by atoms with E-state index in [9.17, 15) is 4.79 Å². The van der Waals surface area contributed by atoms with Gasteiger partial charge >= 0.3 is 5.97 Å². The number of rotatable bonds is 4. The van der Waals surface area contributed by atoms with E-state index >= 15 is 0 Å². The lowest BCUT2D eigenvalue weighted by atomic mass is 10.0. The summed E-state index contributed by atoms with van der Waals surface area (Å²) in [6.45, 7) is 6.09. The molecule has 2 rings (SSSR count). The summed E-state index contributed by atoms with van der Waals surface area (Å²) in [6.07, 6.45) is 4.46. The van der Waals surface area contributed by atoms with E-state index < -0.39 is 5.97 Å². The van der Waals surface area contributed by atoms with Gasteiger partial charge in [-0.1, -0.05) is 13.3 Å². The number of aromatic nitrogens is 1. The fraction of sp³-hybridized carbons (Fsp3) is 0.692. The van der Waals surface area contributed by atoms with E-state index in [4.69, 9.17) is 5.11 Å². The molecule has 1 fully saturated rings. The maximum Gasteiger partial charge on any atom is 0.347 e. The molecule has 1 aromatic heterocycles. The van der Waals surface area contributed by atoms with Gasteiger partial charge in [-0.15, -0.1) is 11.3 Å². The largest absolute Gasteiger partial charge is 0.477 e. The van der Waals surface area contributed by atoms with Crippen LogP contribution >= 0.6 is 11.3 Å². The zero-order chi connectivity index (χ0) is 13.1. The second-order valence-corrected chi connectivity index (χ2v) is 5.94.